The molecule has 1 fully saturated rings. The highest BCUT2D eigenvalue weighted by molar-refractivity contribution is 7.09. The average molecular weight is 255 g/mol. The summed E-state index contributed by atoms with van der Waals surface area (Å²) in [7, 11) is 1.37. The minimum atomic E-state index is -0.615. The van der Waals surface area contributed by atoms with Crippen molar-refractivity contribution < 1.29 is 14.6 Å². The van der Waals surface area contributed by atoms with Crippen molar-refractivity contribution in [2.24, 2.45) is 0 Å². The van der Waals surface area contributed by atoms with Gasteiger partial charge in [0, 0.05) is 11.4 Å². The molecule has 0 saturated carbocycles. The van der Waals surface area contributed by atoms with Crippen LogP contribution in [-0.4, -0.2) is 41.8 Å². The van der Waals surface area contributed by atoms with Crippen LogP contribution in [-0.2, 0) is 16.1 Å². The molecule has 0 aliphatic carbocycles. The molecular formula is C12H17NO3S. The zero-order valence-electron chi connectivity index (χ0n) is 9.83. The number of nitrogens with zero attached hydrogens (tertiary/aromatic N) is 1. The van der Waals surface area contributed by atoms with Gasteiger partial charge in [-0.25, -0.2) is 0 Å². The lowest BCUT2D eigenvalue weighted by atomic mass is 9.99. The molecule has 0 aromatic carbocycles. The quantitative estimate of drug-likeness (QED) is 0.826. The summed E-state index contributed by atoms with van der Waals surface area (Å²) in [6, 6.07) is 3.52. The largest absolute Gasteiger partial charge is 0.468 e. The summed E-state index contributed by atoms with van der Waals surface area (Å²) >= 11 is 1.66. The van der Waals surface area contributed by atoms with Crippen molar-refractivity contribution in [1.29, 1.82) is 0 Å². The molecule has 1 aliphatic heterocycles. The van der Waals surface area contributed by atoms with Crippen molar-refractivity contribution in [3.05, 3.63) is 22.4 Å². The van der Waals surface area contributed by atoms with Crippen LogP contribution in [0.3, 0.4) is 0 Å². The number of likely N-dealkylation sites (tertiary alicyclic amines) is 1. The third kappa shape index (κ3) is 2.86. The van der Waals surface area contributed by atoms with Gasteiger partial charge in [0.25, 0.3) is 0 Å². The number of methoxy groups -OCH3 is 1. The fraction of sp³-hybridized carbons (Fsp3) is 0.583. The van der Waals surface area contributed by atoms with Crippen molar-refractivity contribution in [3.63, 3.8) is 0 Å². The highest BCUT2D eigenvalue weighted by Crippen LogP contribution is 2.22. The molecule has 4 nitrogen and oxygen atoms in total. The Morgan fingerprint density at radius 2 is 2.53 bits per heavy atom. The molecule has 1 aromatic heterocycles. The van der Waals surface area contributed by atoms with Crippen LogP contribution in [0.4, 0.5) is 0 Å². The molecule has 2 heterocycles. The van der Waals surface area contributed by atoms with E-state index >= 15 is 0 Å². The number of hydrogen-bond donors (Lipinski definition) is 1. The van der Waals surface area contributed by atoms with E-state index in [0.29, 0.717) is 13.0 Å². The Balaban J connectivity index is 2.09. The zero-order chi connectivity index (χ0) is 12.3. The third-order valence-electron chi connectivity index (χ3n) is 3.08. The molecule has 0 radical (unpaired) electrons. The summed E-state index contributed by atoms with van der Waals surface area (Å²) < 4.78 is 4.77. The van der Waals surface area contributed by atoms with Gasteiger partial charge in [0.2, 0.25) is 0 Å². The number of rotatable bonds is 3. The second-order valence-electron chi connectivity index (χ2n) is 4.23. The number of aliphatic hydroxyl groups is 1. The van der Waals surface area contributed by atoms with Gasteiger partial charge in [-0.2, -0.15) is 0 Å². The van der Waals surface area contributed by atoms with E-state index in [-0.39, 0.29) is 5.97 Å². The summed E-state index contributed by atoms with van der Waals surface area (Å²) in [6.45, 7) is 1.53. The van der Waals surface area contributed by atoms with Gasteiger partial charge in [-0.1, -0.05) is 6.07 Å². The smallest absolute Gasteiger partial charge is 0.325 e. The summed E-state index contributed by atoms with van der Waals surface area (Å²) in [5.41, 5.74) is 0. The number of carbonyl (C=O) groups excluding carboxylic acids is 1. The SMILES string of the molecule is COC(=O)[C@H]1[C@@H](O)CCCN1Cc1cccs1. The first kappa shape index (κ1) is 12.5. The van der Waals surface area contributed by atoms with E-state index < -0.39 is 12.1 Å². The fourth-order valence-corrected chi connectivity index (χ4v) is 2.98. The molecule has 94 valence electrons. The molecule has 0 unspecified atom stereocenters. The maximum atomic E-state index is 11.7. The highest BCUT2D eigenvalue weighted by Gasteiger charge is 2.36. The monoisotopic (exact) mass is 255 g/mol. The number of hydrogen-bond acceptors (Lipinski definition) is 5. The molecular weight excluding hydrogens is 238 g/mol. The lowest BCUT2D eigenvalue weighted by molar-refractivity contribution is -0.154. The molecule has 17 heavy (non-hydrogen) atoms. The average Bonchev–Trinajstić information content (AvgIpc) is 2.81. The van der Waals surface area contributed by atoms with Crippen molar-refractivity contribution in [2.45, 2.75) is 31.5 Å². The second-order valence-corrected chi connectivity index (χ2v) is 5.26. The molecule has 1 N–H and O–H groups in total. The van der Waals surface area contributed by atoms with E-state index in [2.05, 4.69) is 0 Å². The van der Waals surface area contributed by atoms with Crippen LogP contribution in [0, 0.1) is 0 Å². The van der Waals surface area contributed by atoms with Gasteiger partial charge >= 0.3 is 5.97 Å². The second kappa shape index (κ2) is 5.62. The fourth-order valence-electron chi connectivity index (χ4n) is 2.25. The number of carbonyl (C=O) groups is 1. The summed E-state index contributed by atoms with van der Waals surface area (Å²) in [5, 5.41) is 11.9. The molecule has 0 amide bonds. The van der Waals surface area contributed by atoms with Crippen molar-refractivity contribution >= 4 is 17.3 Å². The van der Waals surface area contributed by atoms with Gasteiger partial charge in [-0.15, -0.1) is 11.3 Å². The molecule has 1 saturated heterocycles. The Labute approximate surface area is 105 Å². The molecule has 2 atom stereocenters. The molecule has 1 aromatic rings. The number of ether oxygens (including phenoxy) is 1. The van der Waals surface area contributed by atoms with Gasteiger partial charge < -0.3 is 9.84 Å². The Hall–Kier alpha value is -0.910. The van der Waals surface area contributed by atoms with E-state index in [4.69, 9.17) is 4.74 Å². The van der Waals surface area contributed by atoms with Crippen LogP contribution in [0.5, 0.6) is 0 Å². The standard InChI is InChI=1S/C12H17NO3S/c1-16-12(15)11-10(14)5-2-6-13(11)8-9-4-3-7-17-9/h3-4,7,10-11,14H,2,5-6,8H2,1H3/t10-,11+/m0/s1. The first-order chi connectivity index (χ1) is 8.22. The highest BCUT2D eigenvalue weighted by atomic mass is 32.1. The van der Waals surface area contributed by atoms with Crippen molar-refractivity contribution in [3.8, 4) is 0 Å². The van der Waals surface area contributed by atoms with E-state index in [0.717, 1.165) is 13.0 Å². The van der Waals surface area contributed by atoms with Crippen LogP contribution in [0.2, 0.25) is 0 Å². The van der Waals surface area contributed by atoms with Gasteiger partial charge in [-0.05, 0) is 30.8 Å². The number of thiophene rings is 1. The van der Waals surface area contributed by atoms with E-state index in [9.17, 15) is 9.90 Å². The lowest BCUT2D eigenvalue weighted by Gasteiger charge is -2.36. The van der Waals surface area contributed by atoms with Crippen LogP contribution in [0.15, 0.2) is 17.5 Å². The molecule has 1 aliphatic rings. The van der Waals surface area contributed by atoms with E-state index in [1.165, 1.54) is 12.0 Å². The van der Waals surface area contributed by atoms with Gasteiger partial charge in [0.15, 0.2) is 0 Å². The van der Waals surface area contributed by atoms with Gasteiger partial charge in [-0.3, -0.25) is 9.69 Å². The van der Waals surface area contributed by atoms with Gasteiger partial charge in [0.05, 0.1) is 13.2 Å². The Morgan fingerprint density at radius 3 is 3.18 bits per heavy atom. The minimum Gasteiger partial charge on any atom is -0.468 e. The van der Waals surface area contributed by atoms with Gasteiger partial charge in [0.1, 0.15) is 6.04 Å². The first-order valence-electron chi connectivity index (χ1n) is 5.74. The summed E-state index contributed by atoms with van der Waals surface area (Å²) in [4.78, 5) is 14.9. The Kier molecular flexibility index (Phi) is 4.15. The number of piperidine rings is 1. The lowest BCUT2D eigenvalue weighted by Crippen LogP contribution is -2.52. The molecule has 2 rings (SSSR count). The summed E-state index contributed by atoms with van der Waals surface area (Å²) in [6.07, 6.45) is 0.969. The summed E-state index contributed by atoms with van der Waals surface area (Å²) in [5.74, 6) is -0.339. The predicted octanol–water partition coefficient (Wildman–Crippen LogP) is 1.25. The molecule has 5 heteroatoms. The Bertz CT molecular complexity index is 366. The maximum Gasteiger partial charge on any atom is 0.325 e. The Morgan fingerprint density at radius 1 is 1.71 bits per heavy atom. The third-order valence-corrected chi connectivity index (χ3v) is 3.95. The van der Waals surface area contributed by atoms with Crippen LogP contribution >= 0.6 is 11.3 Å². The van der Waals surface area contributed by atoms with Crippen LogP contribution < -0.4 is 0 Å². The number of esters is 1. The normalized spacial score (nSPS) is 25.8. The van der Waals surface area contributed by atoms with Crippen LogP contribution in [0.1, 0.15) is 17.7 Å². The predicted molar refractivity (Wildman–Crippen MR) is 65.8 cm³/mol. The topological polar surface area (TPSA) is 49.8 Å². The molecule has 0 bridgehead atoms. The zero-order valence-corrected chi connectivity index (χ0v) is 10.7. The number of aliphatic hydroxyl groups excluding tert-OH is 1. The molecule has 0 spiro atoms. The van der Waals surface area contributed by atoms with Crippen molar-refractivity contribution in [1.82, 2.24) is 4.90 Å². The first-order valence-corrected chi connectivity index (χ1v) is 6.62. The maximum absolute atomic E-state index is 11.7. The van der Waals surface area contributed by atoms with Crippen molar-refractivity contribution in [2.75, 3.05) is 13.7 Å². The minimum absolute atomic E-state index is 0.339. The van der Waals surface area contributed by atoms with Crippen LogP contribution in [0.25, 0.3) is 0 Å². The van der Waals surface area contributed by atoms with E-state index in [1.54, 1.807) is 11.3 Å². The van der Waals surface area contributed by atoms with E-state index in [1.807, 2.05) is 22.4 Å².